The molecule has 0 spiro atoms. The van der Waals surface area contributed by atoms with E-state index < -0.39 is 0 Å². The number of phenolic OH excluding ortho intramolecular Hbond substituents is 1. The Morgan fingerprint density at radius 1 is 1.25 bits per heavy atom. The molecule has 3 atom stereocenters. The number of hydrogen-bond acceptors (Lipinski definition) is 3. The summed E-state index contributed by atoms with van der Waals surface area (Å²) in [6.07, 6.45) is 2.21. The number of nitrogens with zero attached hydrogens (tertiary/aromatic N) is 1. The second-order valence-electron chi connectivity index (χ2n) is 8.29. The summed E-state index contributed by atoms with van der Waals surface area (Å²) in [6, 6.07) is 15.7. The number of nitrogens with one attached hydrogen (secondary N) is 1. The summed E-state index contributed by atoms with van der Waals surface area (Å²) >= 11 is 0. The third-order valence-corrected chi connectivity index (χ3v) is 6.46. The van der Waals surface area contributed by atoms with Gasteiger partial charge < -0.3 is 15.3 Å². The lowest BCUT2D eigenvalue weighted by Gasteiger charge is -2.50. The van der Waals surface area contributed by atoms with Crippen LogP contribution in [0.2, 0.25) is 0 Å². The molecule has 2 aromatic carbocycles. The van der Waals surface area contributed by atoms with Crippen LogP contribution in [0.4, 0.5) is 0 Å². The highest BCUT2D eigenvalue weighted by atomic mass is 16.3. The molecule has 2 aromatic rings. The molecule has 3 rings (SSSR count). The van der Waals surface area contributed by atoms with Gasteiger partial charge in [-0.1, -0.05) is 50.2 Å². The Bertz CT molecular complexity index is 821. The van der Waals surface area contributed by atoms with Crippen LogP contribution in [-0.2, 0) is 23.1 Å². The van der Waals surface area contributed by atoms with Crippen molar-refractivity contribution in [2.45, 2.75) is 57.5 Å². The first kappa shape index (κ1) is 20.4. The number of amides is 1. The number of likely N-dealkylation sites (tertiary alicyclic amines) is 1. The molecule has 0 unspecified atom stereocenters. The van der Waals surface area contributed by atoms with Crippen LogP contribution in [0, 0.1) is 0 Å². The number of rotatable bonds is 5. The molecule has 28 heavy (non-hydrogen) atoms. The molecule has 1 aliphatic heterocycles. The van der Waals surface area contributed by atoms with Crippen LogP contribution in [0.25, 0.3) is 0 Å². The fraction of sp³-hybridized carbons (Fsp3) is 0.458. The van der Waals surface area contributed by atoms with E-state index in [4.69, 9.17) is 0 Å². The highest BCUT2D eigenvalue weighted by molar-refractivity contribution is 5.79. The minimum Gasteiger partial charge on any atom is -0.508 e. The second-order valence-corrected chi connectivity index (χ2v) is 8.29. The molecule has 4 nitrogen and oxygen atoms in total. The van der Waals surface area contributed by atoms with Crippen LogP contribution in [-0.4, -0.2) is 41.6 Å². The number of aromatic hydroxyl groups is 1. The molecular weight excluding hydrogens is 348 g/mol. The third-order valence-electron chi connectivity index (χ3n) is 6.46. The number of hydrogen-bond donors (Lipinski definition) is 2. The molecule has 1 amide bonds. The molecule has 0 saturated carbocycles. The summed E-state index contributed by atoms with van der Waals surface area (Å²) < 4.78 is 0. The Morgan fingerprint density at radius 3 is 2.64 bits per heavy atom. The molecule has 150 valence electrons. The van der Waals surface area contributed by atoms with Crippen LogP contribution in [0.5, 0.6) is 5.75 Å². The number of carbonyl (C=O) groups is 1. The Hall–Kier alpha value is -2.33. The van der Waals surface area contributed by atoms with Crippen LogP contribution >= 0.6 is 0 Å². The van der Waals surface area contributed by atoms with Crippen molar-refractivity contribution in [2.75, 3.05) is 13.6 Å². The molecule has 0 aromatic heterocycles. The van der Waals surface area contributed by atoms with Gasteiger partial charge in [-0.3, -0.25) is 4.79 Å². The lowest BCUT2D eigenvalue weighted by molar-refractivity contribution is -0.122. The van der Waals surface area contributed by atoms with E-state index in [-0.39, 0.29) is 29.2 Å². The maximum absolute atomic E-state index is 12.9. The van der Waals surface area contributed by atoms with E-state index in [0.717, 1.165) is 30.5 Å². The van der Waals surface area contributed by atoms with E-state index in [1.54, 1.807) is 6.07 Å². The number of phenols is 1. The van der Waals surface area contributed by atoms with Gasteiger partial charge in [-0.05, 0) is 62.2 Å². The maximum Gasteiger partial charge on any atom is 0.224 e. The van der Waals surface area contributed by atoms with Crippen LogP contribution in [0.15, 0.2) is 48.5 Å². The molecule has 4 heteroatoms. The molecular formula is C24H32N2O2. The van der Waals surface area contributed by atoms with Gasteiger partial charge in [-0.2, -0.15) is 0 Å². The Morgan fingerprint density at radius 2 is 1.96 bits per heavy atom. The van der Waals surface area contributed by atoms with Gasteiger partial charge in [0.25, 0.3) is 0 Å². The van der Waals surface area contributed by atoms with Crippen molar-refractivity contribution in [3.8, 4) is 5.75 Å². The lowest BCUT2D eigenvalue weighted by atomic mass is 9.66. The second kappa shape index (κ2) is 8.36. The van der Waals surface area contributed by atoms with Gasteiger partial charge >= 0.3 is 0 Å². The van der Waals surface area contributed by atoms with E-state index in [1.165, 1.54) is 5.56 Å². The third kappa shape index (κ3) is 4.07. The summed E-state index contributed by atoms with van der Waals surface area (Å²) in [5, 5.41) is 13.5. The number of benzene rings is 2. The summed E-state index contributed by atoms with van der Waals surface area (Å²) in [5.74, 6) is 0.331. The van der Waals surface area contributed by atoms with E-state index in [0.29, 0.717) is 6.42 Å². The largest absolute Gasteiger partial charge is 0.508 e. The number of carbonyl (C=O) groups excluding carboxylic acids is 1. The van der Waals surface area contributed by atoms with Crippen molar-refractivity contribution >= 4 is 5.91 Å². The zero-order valence-electron chi connectivity index (χ0n) is 17.4. The van der Waals surface area contributed by atoms with E-state index in [9.17, 15) is 9.90 Å². The van der Waals surface area contributed by atoms with Crippen LogP contribution in [0.3, 0.4) is 0 Å². The molecule has 0 aliphatic carbocycles. The molecule has 1 aliphatic rings. The minimum absolute atomic E-state index is 0.0328. The van der Waals surface area contributed by atoms with Crippen molar-refractivity contribution in [1.82, 2.24) is 10.2 Å². The minimum atomic E-state index is -0.234. The SMILES string of the molecule is CCc1ccc(O)cc1[C@@]1(C)CCN(C)[C@H](C)[C@@H]1NC(=O)Cc1ccccc1. The monoisotopic (exact) mass is 380 g/mol. The van der Waals surface area contributed by atoms with E-state index in [1.807, 2.05) is 42.5 Å². The van der Waals surface area contributed by atoms with Gasteiger partial charge in [0.15, 0.2) is 0 Å². The molecule has 0 radical (unpaired) electrons. The number of aryl methyl sites for hydroxylation is 1. The van der Waals surface area contributed by atoms with Gasteiger partial charge in [0.2, 0.25) is 5.91 Å². The van der Waals surface area contributed by atoms with Crippen molar-refractivity contribution in [3.05, 3.63) is 65.2 Å². The van der Waals surface area contributed by atoms with E-state index in [2.05, 4.69) is 38.0 Å². The van der Waals surface area contributed by atoms with Gasteiger partial charge in [-0.25, -0.2) is 0 Å². The quantitative estimate of drug-likeness (QED) is 0.832. The predicted octanol–water partition coefficient (Wildman–Crippen LogP) is 3.66. The fourth-order valence-corrected chi connectivity index (χ4v) is 4.55. The molecule has 1 fully saturated rings. The molecule has 2 N–H and O–H groups in total. The summed E-state index contributed by atoms with van der Waals surface area (Å²) in [5.41, 5.74) is 3.17. The first-order valence-corrected chi connectivity index (χ1v) is 10.2. The Balaban J connectivity index is 1.92. The molecule has 1 saturated heterocycles. The summed E-state index contributed by atoms with van der Waals surface area (Å²) in [6.45, 7) is 7.51. The van der Waals surface area contributed by atoms with Crippen molar-refractivity contribution < 1.29 is 9.90 Å². The van der Waals surface area contributed by atoms with Crippen molar-refractivity contribution in [3.63, 3.8) is 0 Å². The van der Waals surface area contributed by atoms with E-state index >= 15 is 0 Å². The van der Waals surface area contributed by atoms with Crippen LogP contribution in [0.1, 0.15) is 43.9 Å². The van der Waals surface area contributed by atoms with Crippen LogP contribution < -0.4 is 5.32 Å². The lowest BCUT2D eigenvalue weighted by Crippen LogP contribution is -2.63. The topological polar surface area (TPSA) is 52.6 Å². The zero-order chi connectivity index (χ0) is 20.3. The zero-order valence-corrected chi connectivity index (χ0v) is 17.4. The van der Waals surface area contributed by atoms with Crippen molar-refractivity contribution in [1.29, 1.82) is 0 Å². The summed E-state index contributed by atoms with van der Waals surface area (Å²) in [4.78, 5) is 15.2. The average Bonchev–Trinajstić information content (AvgIpc) is 2.69. The Labute approximate surface area is 168 Å². The normalized spacial score (nSPS) is 25.4. The number of likely N-dealkylation sites (N-methyl/N-ethyl adjacent to an activating group) is 1. The highest BCUT2D eigenvalue weighted by Crippen LogP contribution is 2.40. The van der Waals surface area contributed by atoms with Gasteiger partial charge in [0.05, 0.1) is 12.5 Å². The molecule has 1 heterocycles. The predicted molar refractivity (Wildman–Crippen MR) is 114 cm³/mol. The highest BCUT2D eigenvalue weighted by Gasteiger charge is 2.45. The van der Waals surface area contributed by atoms with Crippen molar-refractivity contribution in [2.24, 2.45) is 0 Å². The maximum atomic E-state index is 12.9. The van der Waals surface area contributed by atoms with Gasteiger partial charge in [-0.15, -0.1) is 0 Å². The van der Waals surface area contributed by atoms with Gasteiger partial charge in [0.1, 0.15) is 5.75 Å². The molecule has 0 bridgehead atoms. The smallest absolute Gasteiger partial charge is 0.224 e. The summed E-state index contributed by atoms with van der Waals surface area (Å²) in [7, 11) is 2.11. The first-order chi connectivity index (χ1) is 13.3. The number of piperidine rings is 1. The first-order valence-electron chi connectivity index (χ1n) is 10.2. The average molecular weight is 381 g/mol. The standard InChI is InChI=1S/C24H32N2O2/c1-5-19-11-12-20(27)16-21(19)24(3)13-14-26(4)17(2)23(24)25-22(28)15-18-9-7-6-8-10-18/h6-12,16-17,23,27H,5,13-15H2,1-4H3,(H,25,28)/t17-,23+,24-/m1/s1. The fourth-order valence-electron chi connectivity index (χ4n) is 4.55. The van der Waals surface area contributed by atoms with Gasteiger partial charge in [0, 0.05) is 11.5 Å². The Kier molecular flexibility index (Phi) is 6.09.